The van der Waals surface area contributed by atoms with Crippen molar-refractivity contribution in [2.45, 2.75) is 38.6 Å². The second-order valence-electron chi connectivity index (χ2n) is 6.00. The smallest absolute Gasteiger partial charge is 0.234 e. The summed E-state index contributed by atoms with van der Waals surface area (Å²) in [6.45, 7) is 7.71. The summed E-state index contributed by atoms with van der Waals surface area (Å²) < 4.78 is 5.82. The fourth-order valence-electron chi connectivity index (χ4n) is 2.27. The Morgan fingerprint density at radius 2 is 1.73 bits per heavy atom. The monoisotopic (exact) mass is 397 g/mol. The van der Waals surface area contributed by atoms with Crippen molar-refractivity contribution < 1.29 is 9.53 Å². The fourth-order valence-corrected chi connectivity index (χ4v) is 2.46. The Labute approximate surface area is 162 Å². The largest absolute Gasteiger partial charge is 0.491 e. The van der Waals surface area contributed by atoms with Gasteiger partial charge in [-0.2, -0.15) is 15.0 Å². The Morgan fingerprint density at radius 3 is 2.31 bits per heavy atom. The van der Waals surface area contributed by atoms with E-state index in [2.05, 4.69) is 31.7 Å². The number of anilines is 2. The number of nitrogens with zero attached hydrogens (tertiary/aromatic N) is 3. The lowest BCUT2D eigenvalue weighted by molar-refractivity contribution is -0.114. The van der Waals surface area contributed by atoms with Crippen molar-refractivity contribution in [1.82, 2.24) is 15.0 Å². The van der Waals surface area contributed by atoms with Crippen molar-refractivity contribution in [1.29, 1.82) is 0 Å². The van der Waals surface area contributed by atoms with E-state index in [1.165, 1.54) is 6.92 Å². The van der Waals surface area contributed by atoms with Crippen molar-refractivity contribution in [3.8, 4) is 5.75 Å². The zero-order valence-corrected chi connectivity index (χ0v) is 16.5. The lowest BCUT2D eigenvalue weighted by atomic mass is 10.1. The van der Waals surface area contributed by atoms with E-state index in [9.17, 15) is 4.79 Å². The molecule has 0 aliphatic heterocycles. The Balaban J connectivity index is 2.06. The van der Waals surface area contributed by atoms with E-state index in [0.29, 0.717) is 6.61 Å². The molecule has 0 bridgehead atoms. The number of aryl methyl sites for hydroxylation is 2. The number of hydrogen-bond acceptors (Lipinski definition) is 6. The van der Waals surface area contributed by atoms with Gasteiger partial charge >= 0.3 is 0 Å². The van der Waals surface area contributed by atoms with Crippen LogP contribution in [0.15, 0.2) is 18.2 Å². The summed E-state index contributed by atoms with van der Waals surface area (Å²) in [6, 6.07) is 5.92. The molecule has 0 saturated carbocycles. The number of benzene rings is 1. The van der Waals surface area contributed by atoms with E-state index in [0.717, 1.165) is 16.9 Å². The highest BCUT2D eigenvalue weighted by atomic mass is 35.5. The molecule has 1 amide bonds. The molecule has 0 spiro atoms. The van der Waals surface area contributed by atoms with Gasteiger partial charge in [0.25, 0.3) is 0 Å². The molecule has 0 saturated heterocycles. The molecule has 2 rings (SSSR count). The Kier molecular flexibility index (Phi) is 6.99. The normalized spacial score (nSPS) is 12.0. The van der Waals surface area contributed by atoms with Crippen molar-refractivity contribution in [2.75, 3.05) is 17.2 Å². The van der Waals surface area contributed by atoms with E-state index in [1.54, 1.807) is 0 Å². The molecule has 9 heteroatoms. The summed E-state index contributed by atoms with van der Waals surface area (Å²) in [5.41, 5.74) is 2.27. The first-order valence-electron chi connectivity index (χ1n) is 8.02. The van der Waals surface area contributed by atoms with Crippen molar-refractivity contribution in [3.63, 3.8) is 0 Å². The number of rotatable bonds is 7. The number of halogens is 2. The predicted molar refractivity (Wildman–Crippen MR) is 103 cm³/mol. The summed E-state index contributed by atoms with van der Waals surface area (Å²) in [5, 5.41) is 5.59. The maximum Gasteiger partial charge on any atom is 0.234 e. The quantitative estimate of drug-likeness (QED) is 0.690. The van der Waals surface area contributed by atoms with Gasteiger partial charge in [-0.1, -0.05) is 29.3 Å². The maximum atomic E-state index is 11.2. The van der Waals surface area contributed by atoms with Gasteiger partial charge in [-0.25, -0.2) is 0 Å². The minimum absolute atomic E-state index is 0.0822. The molecule has 0 radical (unpaired) electrons. The first-order valence-corrected chi connectivity index (χ1v) is 8.89. The van der Waals surface area contributed by atoms with Gasteiger partial charge in [0.05, 0.1) is 6.04 Å². The molecule has 7 nitrogen and oxygen atoms in total. The van der Waals surface area contributed by atoms with Gasteiger partial charge in [-0.3, -0.25) is 10.1 Å². The zero-order valence-electron chi connectivity index (χ0n) is 15.0. The maximum absolute atomic E-state index is 11.2. The van der Waals surface area contributed by atoms with Gasteiger partial charge in [-0.05, 0) is 44.0 Å². The summed E-state index contributed by atoms with van der Waals surface area (Å²) in [5.74, 6) is 0.977. The first-order chi connectivity index (χ1) is 12.2. The summed E-state index contributed by atoms with van der Waals surface area (Å²) >= 11 is 11.7. The van der Waals surface area contributed by atoms with Crippen LogP contribution >= 0.6 is 23.2 Å². The minimum atomic E-state index is -0.937. The number of hydrogen-bond donors (Lipinski definition) is 2. The third-order valence-corrected chi connectivity index (χ3v) is 3.60. The van der Waals surface area contributed by atoms with Gasteiger partial charge in [0, 0.05) is 6.92 Å². The van der Waals surface area contributed by atoms with Crippen LogP contribution in [0.4, 0.5) is 11.9 Å². The third-order valence-electron chi connectivity index (χ3n) is 3.21. The van der Waals surface area contributed by atoms with Crippen molar-refractivity contribution in [3.05, 3.63) is 35.2 Å². The van der Waals surface area contributed by atoms with Crippen LogP contribution in [0.5, 0.6) is 5.75 Å². The highest BCUT2D eigenvalue weighted by molar-refractivity contribution is 6.43. The number of carbonyl (C=O) groups excluding carboxylic acids is 1. The van der Waals surface area contributed by atoms with Crippen molar-refractivity contribution >= 4 is 41.0 Å². The molecule has 1 aromatic heterocycles. The van der Waals surface area contributed by atoms with E-state index in [4.69, 9.17) is 27.9 Å². The van der Waals surface area contributed by atoms with Crippen LogP contribution in [0.2, 0.25) is 0 Å². The molecular formula is C17H21Cl2N5O2. The Hall–Kier alpha value is -2.12. The number of alkyl halides is 2. The van der Waals surface area contributed by atoms with Crippen molar-refractivity contribution in [2.24, 2.45) is 0 Å². The van der Waals surface area contributed by atoms with Crippen LogP contribution in [0.25, 0.3) is 0 Å². The minimum Gasteiger partial charge on any atom is -0.491 e. The topological polar surface area (TPSA) is 89.0 Å². The highest BCUT2D eigenvalue weighted by Crippen LogP contribution is 2.23. The average molecular weight is 398 g/mol. The molecule has 140 valence electrons. The SMILES string of the molecule is CC(=O)Nc1nc(NC(C)COc2cc(C)cc(C)c2)nc(C(Cl)Cl)n1. The Bertz CT molecular complexity index is 765. The number of aromatic nitrogens is 3. The molecule has 26 heavy (non-hydrogen) atoms. The fraction of sp³-hybridized carbons (Fsp3) is 0.412. The second-order valence-corrected chi connectivity index (χ2v) is 7.10. The molecule has 1 aromatic carbocycles. The van der Waals surface area contributed by atoms with Gasteiger partial charge in [0.15, 0.2) is 10.7 Å². The van der Waals surface area contributed by atoms with Crippen LogP contribution in [0.1, 0.15) is 35.6 Å². The predicted octanol–water partition coefficient (Wildman–Crippen LogP) is 3.80. The summed E-state index contributed by atoms with van der Waals surface area (Å²) in [7, 11) is 0. The zero-order chi connectivity index (χ0) is 19.3. The van der Waals surface area contributed by atoms with Crippen LogP contribution in [0, 0.1) is 13.8 Å². The van der Waals surface area contributed by atoms with Gasteiger partial charge in [0.2, 0.25) is 17.8 Å². The van der Waals surface area contributed by atoms with Crippen LogP contribution < -0.4 is 15.4 Å². The number of carbonyl (C=O) groups is 1. The summed E-state index contributed by atoms with van der Waals surface area (Å²) in [4.78, 5) is 22.6. The highest BCUT2D eigenvalue weighted by Gasteiger charge is 2.15. The van der Waals surface area contributed by atoms with E-state index in [-0.39, 0.29) is 29.7 Å². The molecule has 2 aromatic rings. The summed E-state index contributed by atoms with van der Waals surface area (Å²) in [6.07, 6.45) is 0. The van der Waals surface area contributed by atoms with E-state index < -0.39 is 4.84 Å². The van der Waals surface area contributed by atoms with E-state index >= 15 is 0 Å². The third kappa shape index (κ3) is 6.31. The lowest BCUT2D eigenvalue weighted by Gasteiger charge is -2.16. The molecular weight excluding hydrogens is 377 g/mol. The molecule has 0 aliphatic rings. The standard InChI is InChI=1S/C17H21Cl2N5O2/c1-9-5-10(2)7-13(6-9)26-8-11(3)20-16-22-15(14(18)19)23-17(24-16)21-12(4)25/h5-7,11,14H,8H2,1-4H3,(H2,20,21,22,23,24,25). The van der Waals surface area contributed by atoms with Gasteiger partial charge < -0.3 is 10.1 Å². The van der Waals surface area contributed by atoms with E-state index in [1.807, 2.05) is 32.9 Å². The molecule has 1 atom stereocenters. The number of nitrogens with one attached hydrogen (secondary N) is 2. The molecule has 1 heterocycles. The van der Waals surface area contributed by atoms with Gasteiger partial charge in [-0.15, -0.1) is 0 Å². The Morgan fingerprint density at radius 1 is 1.12 bits per heavy atom. The van der Waals surface area contributed by atoms with Crippen LogP contribution in [-0.4, -0.2) is 33.5 Å². The molecule has 1 unspecified atom stereocenters. The molecule has 2 N–H and O–H groups in total. The lowest BCUT2D eigenvalue weighted by Crippen LogP contribution is -2.25. The van der Waals surface area contributed by atoms with Crippen LogP contribution in [-0.2, 0) is 4.79 Å². The first kappa shape index (κ1) is 20.2. The molecule has 0 fully saturated rings. The van der Waals surface area contributed by atoms with Crippen LogP contribution in [0.3, 0.4) is 0 Å². The average Bonchev–Trinajstić information content (AvgIpc) is 2.51. The molecule has 0 aliphatic carbocycles. The number of amides is 1. The van der Waals surface area contributed by atoms with Gasteiger partial charge in [0.1, 0.15) is 12.4 Å². The number of ether oxygens (including phenoxy) is 1. The second kappa shape index (κ2) is 9.00.